The first kappa shape index (κ1) is 30.8. The highest BCUT2D eigenvalue weighted by molar-refractivity contribution is 6.05. The lowest BCUT2D eigenvalue weighted by Crippen LogP contribution is -2.60. The van der Waals surface area contributed by atoms with Crippen LogP contribution in [0.25, 0.3) is 0 Å². The Bertz CT molecular complexity index is 1170. The highest BCUT2D eigenvalue weighted by Crippen LogP contribution is 2.66. The van der Waals surface area contributed by atoms with Crippen molar-refractivity contribution in [3.8, 4) is 5.75 Å². The Labute approximate surface area is 243 Å². The van der Waals surface area contributed by atoms with Crippen molar-refractivity contribution in [2.75, 3.05) is 31.8 Å². The number of aliphatic hydroxyl groups is 1. The van der Waals surface area contributed by atoms with Gasteiger partial charge in [0, 0.05) is 12.2 Å². The smallest absolute Gasteiger partial charge is 0.312 e. The third-order valence-electron chi connectivity index (χ3n) is 9.61. The molecule has 1 aromatic carbocycles. The minimum Gasteiger partial charge on any atom is -0.497 e. The molecule has 9 heteroatoms. The van der Waals surface area contributed by atoms with Crippen molar-refractivity contribution in [3.63, 3.8) is 0 Å². The van der Waals surface area contributed by atoms with E-state index in [-0.39, 0.29) is 43.4 Å². The molecule has 4 rings (SSSR count). The van der Waals surface area contributed by atoms with Crippen LogP contribution in [0.15, 0.2) is 49.6 Å². The van der Waals surface area contributed by atoms with Crippen LogP contribution in [-0.2, 0) is 23.9 Å². The fraction of sp³-hybridized carbons (Fsp3) is 0.594. The zero-order valence-electron chi connectivity index (χ0n) is 24.9. The Morgan fingerprint density at radius 1 is 1.27 bits per heavy atom. The molecule has 2 amide bonds. The minimum absolute atomic E-state index is 0.105. The molecule has 0 aromatic heterocycles. The van der Waals surface area contributed by atoms with E-state index in [4.69, 9.17) is 14.2 Å². The summed E-state index contributed by atoms with van der Waals surface area (Å²) >= 11 is 0. The van der Waals surface area contributed by atoms with Gasteiger partial charge in [0.15, 0.2) is 0 Å². The maximum atomic E-state index is 14.8. The largest absolute Gasteiger partial charge is 0.497 e. The van der Waals surface area contributed by atoms with E-state index in [1.54, 1.807) is 48.4 Å². The second-order valence-electron chi connectivity index (χ2n) is 11.8. The molecular formula is C32H44N2O7. The van der Waals surface area contributed by atoms with E-state index in [2.05, 4.69) is 13.2 Å². The molecule has 0 aliphatic carbocycles. The van der Waals surface area contributed by atoms with Gasteiger partial charge >= 0.3 is 5.97 Å². The lowest BCUT2D eigenvalue weighted by molar-refractivity contribution is -0.162. The number of rotatable bonds is 13. The van der Waals surface area contributed by atoms with Gasteiger partial charge in [-0.15, -0.1) is 13.2 Å². The number of esters is 1. The van der Waals surface area contributed by atoms with Crippen LogP contribution >= 0.6 is 0 Å². The Balaban J connectivity index is 1.85. The van der Waals surface area contributed by atoms with Crippen molar-refractivity contribution < 1.29 is 33.7 Å². The molecule has 1 aromatic rings. The van der Waals surface area contributed by atoms with Crippen molar-refractivity contribution in [3.05, 3.63) is 49.6 Å². The summed E-state index contributed by atoms with van der Waals surface area (Å²) in [7, 11) is 1.57. The van der Waals surface area contributed by atoms with E-state index in [0.29, 0.717) is 30.7 Å². The van der Waals surface area contributed by atoms with Gasteiger partial charge in [-0.1, -0.05) is 39.3 Å². The van der Waals surface area contributed by atoms with Gasteiger partial charge in [-0.25, -0.2) is 0 Å². The number of aliphatic hydroxyl groups excluding tert-OH is 1. The van der Waals surface area contributed by atoms with Gasteiger partial charge in [0.25, 0.3) is 5.91 Å². The first-order chi connectivity index (χ1) is 19.6. The lowest BCUT2D eigenvalue weighted by atomic mass is 9.62. The summed E-state index contributed by atoms with van der Waals surface area (Å²) in [6.07, 6.45) is 4.89. The average molecular weight is 569 g/mol. The number of hydrogen-bond donors (Lipinski definition) is 1. The van der Waals surface area contributed by atoms with Gasteiger partial charge in [0.1, 0.15) is 23.3 Å². The average Bonchev–Trinajstić information content (AvgIpc) is 3.48. The molecule has 0 radical (unpaired) electrons. The molecule has 9 nitrogen and oxygen atoms in total. The molecule has 3 unspecified atom stereocenters. The Hall–Kier alpha value is -3.17. The van der Waals surface area contributed by atoms with Crippen LogP contribution in [0.4, 0.5) is 5.69 Å². The minimum atomic E-state index is -1.25. The van der Waals surface area contributed by atoms with Gasteiger partial charge in [-0.3, -0.25) is 14.4 Å². The number of amides is 2. The maximum absolute atomic E-state index is 14.8. The molecule has 2 bridgehead atoms. The molecule has 3 aliphatic rings. The number of anilines is 1. The summed E-state index contributed by atoms with van der Waals surface area (Å²) in [6, 6.07) is 5.41. The van der Waals surface area contributed by atoms with E-state index < -0.39 is 41.1 Å². The molecule has 3 aliphatic heterocycles. The Kier molecular flexibility index (Phi) is 8.99. The van der Waals surface area contributed by atoms with Crippen molar-refractivity contribution in [1.29, 1.82) is 0 Å². The Morgan fingerprint density at radius 2 is 1.95 bits per heavy atom. The van der Waals surface area contributed by atoms with E-state index in [9.17, 15) is 19.5 Å². The summed E-state index contributed by atoms with van der Waals surface area (Å²) in [4.78, 5) is 46.0. The molecule has 8 atom stereocenters. The number of methoxy groups -OCH3 is 1. The van der Waals surface area contributed by atoms with E-state index in [0.717, 1.165) is 0 Å². The van der Waals surface area contributed by atoms with Gasteiger partial charge in [-0.05, 0) is 55.9 Å². The number of carbonyl (C=O) groups excluding carboxylic acids is 3. The Morgan fingerprint density at radius 3 is 2.51 bits per heavy atom. The normalized spacial score (nSPS) is 31.4. The third-order valence-corrected chi connectivity index (χ3v) is 9.61. The molecular weight excluding hydrogens is 524 g/mol. The zero-order valence-corrected chi connectivity index (χ0v) is 24.9. The topological polar surface area (TPSA) is 106 Å². The van der Waals surface area contributed by atoms with E-state index >= 15 is 0 Å². The van der Waals surface area contributed by atoms with Gasteiger partial charge in [0.2, 0.25) is 5.91 Å². The third kappa shape index (κ3) is 4.87. The zero-order chi connectivity index (χ0) is 30.1. The van der Waals surface area contributed by atoms with E-state index in [1.165, 1.54) is 4.90 Å². The monoisotopic (exact) mass is 568 g/mol. The number of nitrogens with zero attached hydrogens (tertiary/aromatic N) is 2. The summed E-state index contributed by atoms with van der Waals surface area (Å²) in [5.41, 5.74) is -1.62. The number of fused-ring (bicyclic) bond motifs is 1. The number of ether oxygens (including phenoxy) is 3. The van der Waals surface area contributed by atoms with Crippen LogP contribution in [0.2, 0.25) is 0 Å². The lowest BCUT2D eigenvalue weighted by Gasteiger charge is -2.41. The fourth-order valence-electron chi connectivity index (χ4n) is 7.18. The number of carbonyl (C=O) groups is 3. The maximum Gasteiger partial charge on any atom is 0.312 e. The van der Waals surface area contributed by atoms with Gasteiger partial charge in [0.05, 0.1) is 37.9 Å². The molecule has 3 heterocycles. The summed E-state index contributed by atoms with van der Waals surface area (Å²) in [5.74, 6) is -2.57. The van der Waals surface area contributed by atoms with Gasteiger partial charge in [-0.2, -0.15) is 0 Å². The predicted molar refractivity (Wildman–Crippen MR) is 155 cm³/mol. The second-order valence-corrected chi connectivity index (χ2v) is 11.8. The molecule has 0 saturated carbocycles. The van der Waals surface area contributed by atoms with Crippen LogP contribution < -0.4 is 9.64 Å². The van der Waals surface area contributed by atoms with Crippen LogP contribution in [-0.4, -0.2) is 77.9 Å². The quantitative estimate of drug-likeness (QED) is 0.220. The highest BCUT2D eigenvalue weighted by atomic mass is 16.6. The number of hydrogen-bond acceptors (Lipinski definition) is 7. The van der Waals surface area contributed by atoms with Crippen LogP contribution in [0, 0.1) is 23.7 Å². The molecule has 224 valence electrons. The molecule has 3 saturated heterocycles. The van der Waals surface area contributed by atoms with Crippen LogP contribution in [0.5, 0.6) is 5.75 Å². The van der Waals surface area contributed by atoms with Crippen molar-refractivity contribution >= 4 is 23.5 Å². The van der Waals surface area contributed by atoms with Crippen molar-refractivity contribution in [2.45, 2.75) is 70.2 Å². The number of likely N-dealkylation sites (tertiary alicyclic amines) is 1. The number of benzene rings is 1. The standard InChI is InChI=1S/C32H44N2O7/c1-8-11-17-40-30(38)26-25-28(36)34(24(19-35)20(4)10-3)27(32(25)18-21(5)31(26,6)41-32)29(37)33(16-9-2)22-12-14-23(39-7)15-13-22/h8-9,12-15,20-21,24-27,35H,1-2,10-11,16-19H2,3-7H3/t20-,21?,24-,25-,26+,27?,31-,32?/m0/s1. The summed E-state index contributed by atoms with van der Waals surface area (Å²) < 4.78 is 17.7. The first-order valence-corrected chi connectivity index (χ1v) is 14.5. The molecule has 3 fully saturated rings. The SMILES string of the molecule is C=CCCOC(=O)[C@H]1[C@H]2C(=O)N([C@@H](CO)[C@@H](C)CC)C(C(=O)N(CC=C)c3ccc(OC)cc3)C23CC(C)[C@]1(C)O3. The molecule has 1 spiro atoms. The fourth-order valence-corrected chi connectivity index (χ4v) is 7.18. The molecule has 1 N–H and O–H groups in total. The highest BCUT2D eigenvalue weighted by Gasteiger charge is 2.81. The molecule has 41 heavy (non-hydrogen) atoms. The second kappa shape index (κ2) is 12.0. The summed E-state index contributed by atoms with van der Waals surface area (Å²) in [6.45, 7) is 15.4. The van der Waals surface area contributed by atoms with Crippen LogP contribution in [0.3, 0.4) is 0 Å². The van der Waals surface area contributed by atoms with Crippen molar-refractivity contribution in [2.24, 2.45) is 23.7 Å². The van der Waals surface area contributed by atoms with Gasteiger partial charge < -0.3 is 29.1 Å². The first-order valence-electron chi connectivity index (χ1n) is 14.5. The van der Waals surface area contributed by atoms with Crippen LogP contribution in [0.1, 0.15) is 47.0 Å². The van der Waals surface area contributed by atoms with E-state index in [1.807, 2.05) is 27.7 Å². The predicted octanol–water partition coefficient (Wildman–Crippen LogP) is 3.75. The summed E-state index contributed by atoms with van der Waals surface area (Å²) in [5, 5.41) is 10.6. The van der Waals surface area contributed by atoms with Crippen molar-refractivity contribution in [1.82, 2.24) is 4.90 Å².